The molecule has 0 bridgehead atoms. The van der Waals surface area contributed by atoms with Crippen molar-refractivity contribution in [3.8, 4) is 0 Å². The van der Waals surface area contributed by atoms with E-state index >= 15 is 0 Å². The van der Waals surface area contributed by atoms with Crippen molar-refractivity contribution in [2.75, 3.05) is 0 Å². The molecule has 228 valence electrons. The molecule has 3 unspecified atom stereocenters. The first-order valence-electron chi connectivity index (χ1n) is 14.1. The van der Waals surface area contributed by atoms with Gasteiger partial charge in [0.1, 0.15) is 0 Å². The fourth-order valence-corrected chi connectivity index (χ4v) is 5.41. The van der Waals surface area contributed by atoms with Crippen LogP contribution in [0.2, 0.25) is 5.02 Å². The Morgan fingerprint density at radius 2 is 1.57 bits per heavy atom. The fourth-order valence-electron chi connectivity index (χ4n) is 5.28. The Labute approximate surface area is 259 Å². The van der Waals surface area contributed by atoms with E-state index in [4.69, 9.17) is 11.6 Å². The summed E-state index contributed by atoms with van der Waals surface area (Å²) in [6.45, 7) is 1.66. The van der Waals surface area contributed by atoms with E-state index in [1.165, 1.54) is 11.0 Å². The molecule has 0 saturated carbocycles. The zero-order valence-corrected chi connectivity index (χ0v) is 24.8. The van der Waals surface area contributed by atoms with Crippen molar-refractivity contribution < 1.29 is 33.4 Å². The number of rotatable bonds is 13. The van der Waals surface area contributed by atoms with Crippen molar-refractivity contribution in [1.82, 2.24) is 4.90 Å². The molecule has 0 radical (unpaired) electrons. The molecule has 0 aliphatic heterocycles. The minimum Gasteiger partial charge on any atom is -0.481 e. The lowest BCUT2D eigenvalue weighted by molar-refractivity contribution is -0.151. The van der Waals surface area contributed by atoms with Gasteiger partial charge in [0.25, 0.3) is 0 Å². The van der Waals surface area contributed by atoms with Crippen LogP contribution in [0.1, 0.15) is 48.8 Å². The maximum atomic E-state index is 14.1. The van der Waals surface area contributed by atoms with E-state index in [0.29, 0.717) is 17.0 Å². The van der Waals surface area contributed by atoms with Crippen LogP contribution in [0.15, 0.2) is 91.0 Å². The van der Waals surface area contributed by atoms with E-state index < -0.39 is 54.3 Å². The summed E-state index contributed by atoms with van der Waals surface area (Å²) < 4.78 is 27.8. The predicted octanol–water partition coefficient (Wildman–Crippen LogP) is 7.94. The third-order valence-corrected chi connectivity index (χ3v) is 7.95. The summed E-state index contributed by atoms with van der Waals surface area (Å²) in [5, 5.41) is 21.6. The van der Waals surface area contributed by atoms with Gasteiger partial charge in [-0.15, -0.1) is 0 Å². The standard InChI is InChI=1S/C35H32ClF2NO5/c1-22(39(21-24-10-16-31(37)32(38)18-24)33(40)19-28(35(43)44)20-34(41)42)30(26-12-14-29(36)15-13-26)8-4-5-23-9-11-25-6-2-3-7-27(25)17-23/h2-7,9-18,22,28,30H,8,19-21H2,1H3,(H,41,42)(H,43,44). The number of allylic oxidation sites excluding steroid dienone is 1. The molecule has 9 heteroatoms. The summed E-state index contributed by atoms with van der Waals surface area (Å²) in [6.07, 6.45) is 3.13. The summed E-state index contributed by atoms with van der Waals surface area (Å²) in [7, 11) is 0. The molecule has 44 heavy (non-hydrogen) atoms. The Balaban J connectivity index is 1.68. The van der Waals surface area contributed by atoms with E-state index in [0.717, 1.165) is 34.0 Å². The number of hydrogen-bond donors (Lipinski definition) is 2. The Bertz CT molecular complexity index is 1670. The van der Waals surface area contributed by atoms with Crippen LogP contribution in [-0.4, -0.2) is 39.0 Å². The van der Waals surface area contributed by atoms with Crippen molar-refractivity contribution in [2.45, 2.75) is 44.7 Å². The minimum atomic E-state index is -1.46. The number of fused-ring (bicyclic) bond motifs is 1. The highest BCUT2D eigenvalue weighted by Gasteiger charge is 2.32. The van der Waals surface area contributed by atoms with Crippen molar-refractivity contribution in [3.05, 3.63) is 124 Å². The van der Waals surface area contributed by atoms with Gasteiger partial charge in [0.05, 0.1) is 12.3 Å². The van der Waals surface area contributed by atoms with Gasteiger partial charge in [-0.05, 0) is 71.1 Å². The van der Waals surface area contributed by atoms with Crippen LogP contribution in [0.3, 0.4) is 0 Å². The monoisotopic (exact) mass is 619 g/mol. The number of hydrogen-bond acceptors (Lipinski definition) is 3. The molecule has 4 aromatic rings. The summed E-state index contributed by atoms with van der Waals surface area (Å²) in [5.41, 5.74) is 2.14. The van der Waals surface area contributed by atoms with Gasteiger partial charge < -0.3 is 15.1 Å². The SMILES string of the molecule is CC(C(CC=Cc1ccc2ccccc2c1)c1ccc(Cl)cc1)N(Cc1ccc(F)c(F)c1)C(=O)CC(CC(=O)O)C(=O)O. The van der Waals surface area contributed by atoms with E-state index in [-0.39, 0.29) is 12.5 Å². The Morgan fingerprint density at radius 1 is 0.864 bits per heavy atom. The lowest BCUT2D eigenvalue weighted by atomic mass is 9.87. The third kappa shape index (κ3) is 8.51. The highest BCUT2D eigenvalue weighted by molar-refractivity contribution is 6.30. The van der Waals surface area contributed by atoms with Gasteiger partial charge in [-0.2, -0.15) is 0 Å². The Kier molecular flexibility index (Phi) is 10.8. The molecule has 0 aliphatic rings. The number of amides is 1. The van der Waals surface area contributed by atoms with Gasteiger partial charge in [0.2, 0.25) is 5.91 Å². The van der Waals surface area contributed by atoms with Crippen LogP contribution >= 0.6 is 11.6 Å². The third-order valence-electron chi connectivity index (χ3n) is 7.69. The zero-order valence-electron chi connectivity index (χ0n) is 24.0. The average molecular weight is 620 g/mol. The average Bonchev–Trinajstić information content (AvgIpc) is 2.99. The van der Waals surface area contributed by atoms with Gasteiger partial charge in [-0.25, -0.2) is 8.78 Å². The second-order valence-corrected chi connectivity index (χ2v) is 11.2. The Morgan fingerprint density at radius 3 is 2.23 bits per heavy atom. The number of nitrogens with zero attached hydrogens (tertiary/aromatic N) is 1. The smallest absolute Gasteiger partial charge is 0.307 e. The van der Waals surface area contributed by atoms with Gasteiger partial charge in [-0.1, -0.05) is 78.4 Å². The highest BCUT2D eigenvalue weighted by atomic mass is 35.5. The first kappa shape index (κ1) is 32.4. The molecule has 1 amide bonds. The molecule has 0 spiro atoms. The molecule has 3 atom stereocenters. The van der Waals surface area contributed by atoms with E-state index in [2.05, 4.69) is 6.07 Å². The van der Waals surface area contributed by atoms with Crippen LogP contribution in [-0.2, 0) is 20.9 Å². The number of halogens is 3. The first-order chi connectivity index (χ1) is 21.0. The maximum absolute atomic E-state index is 14.1. The summed E-state index contributed by atoms with van der Waals surface area (Å²) in [6, 6.07) is 24.0. The number of carboxylic acids is 2. The highest BCUT2D eigenvalue weighted by Crippen LogP contribution is 2.31. The number of benzene rings is 4. The van der Waals surface area contributed by atoms with Gasteiger partial charge >= 0.3 is 11.9 Å². The summed E-state index contributed by atoms with van der Waals surface area (Å²) in [4.78, 5) is 38.2. The minimum absolute atomic E-state index is 0.144. The van der Waals surface area contributed by atoms with Crippen molar-refractivity contribution in [3.63, 3.8) is 0 Å². The fraction of sp³-hybridized carbons (Fsp3) is 0.229. The molecular formula is C35H32ClF2NO5. The number of carbonyl (C=O) groups is 3. The van der Waals surface area contributed by atoms with E-state index in [1.54, 1.807) is 19.1 Å². The largest absolute Gasteiger partial charge is 0.481 e. The number of carbonyl (C=O) groups excluding carboxylic acids is 1. The normalized spacial score (nSPS) is 13.5. The van der Waals surface area contributed by atoms with Gasteiger partial charge in [0.15, 0.2) is 11.6 Å². The molecule has 4 rings (SSSR count). The molecule has 0 aromatic heterocycles. The van der Waals surface area contributed by atoms with Crippen LogP contribution in [0.25, 0.3) is 16.8 Å². The lowest BCUT2D eigenvalue weighted by Crippen LogP contribution is -2.43. The first-order valence-corrected chi connectivity index (χ1v) is 14.5. The van der Waals surface area contributed by atoms with E-state index in [9.17, 15) is 33.4 Å². The molecular weight excluding hydrogens is 588 g/mol. The van der Waals surface area contributed by atoms with Gasteiger partial charge in [-0.3, -0.25) is 14.4 Å². The van der Waals surface area contributed by atoms with Crippen LogP contribution < -0.4 is 0 Å². The van der Waals surface area contributed by atoms with Crippen molar-refractivity contribution in [2.24, 2.45) is 5.92 Å². The van der Waals surface area contributed by atoms with Crippen LogP contribution in [0.4, 0.5) is 8.78 Å². The summed E-state index contributed by atoms with van der Waals surface area (Å²) >= 11 is 6.16. The van der Waals surface area contributed by atoms with Crippen molar-refractivity contribution in [1.29, 1.82) is 0 Å². The summed E-state index contributed by atoms with van der Waals surface area (Å²) in [5.74, 6) is -7.26. The number of carboxylic acid groups (broad SMARTS) is 2. The number of aliphatic carboxylic acids is 2. The zero-order chi connectivity index (χ0) is 31.8. The van der Waals surface area contributed by atoms with Gasteiger partial charge in [0, 0.05) is 29.9 Å². The molecule has 0 heterocycles. The Hall–Kier alpha value is -4.56. The maximum Gasteiger partial charge on any atom is 0.307 e. The molecule has 0 fully saturated rings. The molecule has 4 aromatic carbocycles. The second kappa shape index (κ2) is 14.8. The van der Waals surface area contributed by atoms with Crippen LogP contribution in [0.5, 0.6) is 0 Å². The predicted molar refractivity (Wildman–Crippen MR) is 166 cm³/mol. The van der Waals surface area contributed by atoms with Crippen LogP contribution in [0, 0.1) is 17.6 Å². The van der Waals surface area contributed by atoms with Crippen molar-refractivity contribution >= 4 is 46.3 Å². The molecule has 0 aliphatic carbocycles. The molecule has 6 nitrogen and oxygen atoms in total. The molecule has 2 N–H and O–H groups in total. The topological polar surface area (TPSA) is 94.9 Å². The quantitative estimate of drug-likeness (QED) is 0.158. The molecule has 0 saturated heterocycles. The van der Waals surface area contributed by atoms with E-state index in [1.807, 2.05) is 60.7 Å². The lowest BCUT2D eigenvalue weighted by Gasteiger charge is -2.36. The second-order valence-electron chi connectivity index (χ2n) is 10.8.